The third-order valence-electron chi connectivity index (χ3n) is 1.50. The molecule has 16 heavy (non-hydrogen) atoms. The van der Waals surface area contributed by atoms with Gasteiger partial charge in [-0.2, -0.15) is 8.78 Å². The smallest absolute Gasteiger partial charge is 0.330 e. The number of nitrogens with two attached hydrogens (primary N) is 1. The topological polar surface area (TPSA) is 61.5 Å². The van der Waals surface area contributed by atoms with Crippen LogP contribution in [0.15, 0.2) is 0 Å². The molecule has 4 nitrogen and oxygen atoms in total. The molecule has 0 heterocycles. The maximum atomic E-state index is 12.3. The van der Waals surface area contributed by atoms with Crippen LogP contribution in [0.2, 0.25) is 0 Å². The molecule has 96 valence electrons. The van der Waals surface area contributed by atoms with Gasteiger partial charge in [0.15, 0.2) is 0 Å². The number of carbonyl (C=O) groups is 1. The van der Waals surface area contributed by atoms with Crippen molar-refractivity contribution in [3.8, 4) is 0 Å². The van der Waals surface area contributed by atoms with Crippen LogP contribution in [-0.4, -0.2) is 44.2 Å². The zero-order valence-electron chi connectivity index (χ0n) is 8.59. The number of ether oxygens (including phenoxy) is 2. The Hall–Kier alpha value is -0.890. The highest BCUT2D eigenvalue weighted by molar-refractivity contribution is 5.75. The molecule has 0 aromatic heterocycles. The van der Waals surface area contributed by atoms with Crippen LogP contribution >= 0.6 is 0 Å². The van der Waals surface area contributed by atoms with Crippen molar-refractivity contribution in [2.24, 2.45) is 5.73 Å². The van der Waals surface area contributed by atoms with Crippen LogP contribution in [0, 0.1) is 0 Å². The molecule has 0 radical (unpaired) electrons. The van der Waals surface area contributed by atoms with Gasteiger partial charge < -0.3 is 15.2 Å². The number of alkyl halides is 4. The van der Waals surface area contributed by atoms with Crippen molar-refractivity contribution in [3.05, 3.63) is 0 Å². The van der Waals surface area contributed by atoms with Gasteiger partial charge in [0.05, 0.1) is 13.2 Å². The highest BCUT2D eigenvalue weighted by atomic mass is 19.3. The monoisotopic (exact) mass is 247 g/mol. The van der Waals surface area contributed by atoms with E-state index < -0.39 is 37.6 Å². The maximum absolute atomic E-state index is 12.3. The van der Waals surface area contributed by atoms with E-state index in [-0.39, 0.29) is 6.61 Å². The third-order valence-corrected chi connectivity index (χ3v) is 1.50. The Balaban J connectivity index is 3.86. The standard InChI is InChI=1S/C8H13F4NO3/c1-2-16-6(14)5(13)3-15-4-8(11,12)7(9)10/h5,7H,2-4,13H2,1H3. The van der Waals surface area contributed by atoms with E-state index in [0.717, 1.165) is 0 Å². The van der Waals surface area contributed by atoms with E-state index in [1.807, 2.05) is 0 Å². The molecule has 1 atom stereocenters. The summed E-state index contributed by atoms with van der Waals surface area (Å²) in [5.74, 6) is -5.07. The average molecular weight is 247 g/mol. The van der Waals surface area contributed by atoms with Crippen molar-refractivity contribution in [1.82, 2.24) is 0 Å². The molecule has 0 spiro atoms. The van der Waals surface area contributed by atoms with Crippen molar-refractivity contribution in [2.75, 3.05) is 19.8 Å². The summed E-state index contributed by atoms with van der Waals surface area (Å²) in [7, 11) is 0. The Morgan fingerprint density at radius 2 is 2.00 bits per heavy atom. The lowest BCUT2D eigenvalue weighted by Crippen LogP contribution is -2.39. The van der Waals surface area contributed by atoms with Crippen molar-refractivity contribution >= 4 is 5.97 Å². The van der Waals surface area contributed by atoms with E-state index >= 15 is 0 Å². The van der Waals surface area contributed by atoms with Crippen LogP contribution in [-0.2, 0) is 14.3 Å². The quantitative estimate of drug-likeness (QED) is 0.533. The summed E-state index contributed by atoms with van der Waals surface area (Å²) < 4.78 is 56.6. The molecule has 0 bridgehead atoms. The van der Waals surface area contributed by atoms with Gasteiger partial charge in [-0.25, -0.2) is 8.78 Å². The summed E-state index contributed by atoms with van der Waals surface area (Å²) in [6.07, 6.45) is -3.81. The van der Waals surface area contributed by atoms with Crippen LogP contribution in [0.4, 0.5) is 17.6 Å². The molecular weight excluding hydrogens is 234 g/mol. The van der Waals surface area contributed by atoms with Crippen LogP contribution in [0.3, 0.4) is 0 Å². The van der Waals surface area contributed by atoms with Crippen LogP contribution < -0.4 is 5.73 Å². The van der Waals surface area contributed by atoms with Crippen molar-refractivity contribution in [2.45, 2.75) is 25.3 Å². The minimum Gasteiger partial charge on any atom is -0.465 e. The van der Waals surface area contributed by atoms with E-state index in [4.69, 9.17) is 5.73 Å². The van der Waals surface area contributed by atoms with Crippen molar-refractivity contribution in [1.29, 1.82) is 0 Å². The third kappa shape index (κ3) is 5.26. The Morgan fingerprint density at radius 3 is 2.44 bits per heavy atom. The minimum absolute atomic E-state index is 0.0831. The number of halogens is 4. The molecule has 0 aliphatic rings. The minimum atomic E-state index is -4.24. The molecule has 0 rings (SSSR count). The highest BCUT2D eigenvalue weighted by Gasteiger charge is 2.41. The molecule has 8 heteroatoms. The number of rotatable bonds is 7. The zero-order chi connectivity index (χ0) is 12.8. The molecule has 0 amide bonds. The molecule has 2 N–H and O–H groups in total. The summed E-state index contributed by atoms with van der Waals surface area (Å²) in [6, 6.07) is -1.26. The first-order valence-corrected chi connectivity index (χ1v) is 4.47. The summed E-state index contributed by atoms with van der Waals surface area (Å²) in [5.41, 5.74) is 5.18. The molecule has 0 aliphatic heterocycles. The molecule has 0 aliphatic carbocycles. The molecule has 0 aromatic rings. The van der Waals surface area contributed by atoms with E-state index in [0.29, 0.717) is 0 Å². The highest BCUT2D eigenvalue weighted by Crippen LogP contribution is 2.22. The number of hydrogen-bond acceptors (Lipinski definition) is 4. The number of carbonyl (C=O) groups excluding carboxylic acids is 1. The van der Waals surface area contributed by atoms with Gasteiger partial charge in [-0.1, -0.05) is 0 Å². The predicted octanol–water partition coefficient (Wildman–Crippen LogP) is 0.794. The van der Waals surface area contributed by atoms with Gasteiger partial charge in [0.1, 0.15) is 12.6 Å². The second-order valence-electron chi connectivity index (χ2n) is 2.94. The lowest BCUT2D eigenvalue weighted by Gasteiger charge is -2.16. The summed E-state index contributed by atoms with van der Waals surface area (Å²) >= 11 is 0. The second kappa shape index (κ2) is 6.64. The Bertz CT molecular complexity index is 225. The SMILES string of the molecule is CCOC(=O)C(N)COCC(F)(F)C(F)F. The molecule has 0 fully saturated rings. The maximum Gasteiger partial charge on any atom is 0.330 e. The van der Waals surface area contributed by atoms with Crippen molar-refractivity contribution in [3.63, 3.8) is 0 Å². The van der Waals surface area contributed by atoms with Gasteiger partial charge in [-0.05, 0) is 6.92 Å². The van der Waals surface area contributed by atoms with Gasteiger partial charge >= 0.3 is 18.3 Å². The average Bonchev–Trinajstić information content (AvgIpc) is 2.17. The van der Waals surface area contributed by atoms with E-state index in [1.54, 1.807) is 0 Å². The van der Waals surface area contributed by atoms with E-state index in [2.05, 4.69) is 9.47 Å². The summed E-state index contributed by atoms with van der Waals surface area (Å²) in [6.45, 7) is -0.463. The lowest BCUT2D eigenvalue weighted by atomic mass is 10.3. The Morgan fingerprint density at radius 1 is 1.44 bits per heavy atom. The molecule has 0 saturated carbocycles. The van der Waals surface area contributed by atoms with Gasteiger partial charge in [0.2, 0.25) is 0 Å². The van der Waals surface area contributed by atoms with Crippen LogP contribution in [0.1, 0.15) is 6.92 Å². The summed E-state index contributed by atoms with van der Waals surface area (Å²) in [5, 5.41) is 0. The van der Waals surface area contributed by atoms with Crippen LogP contribution in [0.25, 0.3) is 0 Å². The van der Waals surface area contributed by atoms with E-state index in [9.17, 15) is 22.4 Å². The van der Waals surface area contributed by atoms with Crippen LogP contribution in [0.5, 0.6) is 0 Å². The largest absolute Gasteiger partial charge is 0.465 e. The molecule has 0 aromatic carbocycles. The van der Waals surface area contributed by atoms with Gasteiger partial charge in [-0.3, -0.25) is 4.79 Å². The Labute approximate surface area is 89.7 Å². The predicted molar refractivity (Wildman–Crippen MR) is 46.4 cm³/mol. The normalized spacial score (nSPS) is 13.9. The van der Waals surface area contributed by atoms with E-state index in [1.165, 1.54) is 6.92 Å². The number of esters is 1. The molecule has 1 unspecified atom stereocenters. The zero-order valence-corrected chi connectivity index (χ0v) is 8.59. The molecular formula is C8H13F4NO3. The second-order valence-corrected chi connectivity index (χ2v) is 2.94. The first-order chi connectivity index (χ1) is 7.31. The fraction of sp³-hybridized carbons (Fsp3) is 0.875. The Kier molecular flexibility index (Phi) is 6.27. The summed E-state index contributed by atoms with van der Waals surface area (Å²) in [4.78, 5) is 10.9. The van der Waals surface area contributed by atoms with Gasteiger partial charge in [-0.15, -0.1) is 0 Å². The molecule has 0 saturated heterocycles. The van der Waals surface area contributed by atoms with Gasteiger partial charge in [0.25, 0.3) is 0 Å². The lowest BCUT2D eigenvalue weighted by molar-refractivity contribution is -0.169. The van der Waals surface area contributed by atoms with Gasteiger partial charge in [0, 0.05) is 0 Å². The first-order valence-electron chi connectivity index (χ1n) is 4.47. The van der Waals surface area contributed by atoms with Crippen molar-refractivity contribution < 1.29 is 31.8 Å². The first kappa shape index (κ1) is 15.1. The fourth-order valence-electron chi connectivity index (χ4n) is 0.702. The number of hydrogen-bond donors (Lipinski definition) is 1. The fourth-order valence-corrected chi connectivity index (χ4v) is 0.702.